The van der Waals surface area contributed by atoms with Crippen LogP contribution in [0.25, 0.3) is 0 Å². The number of sulfonamides is 1. The summed E-state index contributed by atoms with van der Waals surface area (Å²) in [5.41, 5.74) is 0. The third-order valence-electron chi connectivity index (χ3n) is 3.99. The van der Waals surface area contributed by atoms with Gasteiger partial charge in [-0.1, -0.05) is 13.8 Å². The summed E-state index contributed by atoms with van der Waals surface area (Å²) in [7, 11) is -1.79. The molecule has 26 heavy (non-hydrogen) atoms. The summed E-state index contributed by atoms with van der Waals surface area (Å²) < 4.78 is 62.8. The third kappa shape index (κ3) is 9.04. The van der Waals surface area contributed by atoms with E-state index >= 15 is 0 Å². The van der Waals surface area contributed by atoms with E-state index < -0.39 is 22.7 Å². The van der Waals surface area contributed by atoms with E-state index in [2.05, 4.69) is 15.6 Å². The van der Waals surface area contributed by atoms with Crippen molar-refractivity contribution in [2.45, 2.75) is 32.5 Å². The number of nitrogens with one attached hydrogen (secondary N) is 2. The zero-order valence-electron chi connectivity index (χ0n) is 15.3. The molecule has 0 aromatic rings. The molecule has 0 saturated carbocycles. The van der Waals surface area contributed by atoms with Gasteiger partial charge in [-0.05, 0) is 6.42 Å². The van der Waals surface area contributed by atoms with E-state index in [0.717, 1.165) is 0 Å². The molecule has 12 heteroatoms. The van der Waals surface area contributed by atoms with E-state index in [1.807, 2.05) is 0 Å². The van der Waals surface area contributed by atoms with Crippen LogP contribution in [0.3, 0.4) is 0 Å². The van der Waals surface area contributed by atoms with Gasteiger partial charge in [-0.2, -0.15) is 13.2 Å². The highest BCUT2D eigenvalue weighted by Gasteiger charge is 2.34. The van der Waals surface area contributed by atoms with E-state index in [-0.39, 0.29) is 48.9 Å². The van der Waals surface area contributed by atoms with Crippen molar-refractivity contribution in [2.24, 2.45) is 4.99 Å². The number of nitrogens with zero attached hydrogens (tertiary/aromatic N) is 3. The van der Waals surface area contributed by atoms with Gasteiger partial charge in [0.25, 0.3) is 0 Å². The Balaban J connectivity index is 0.00000625. The molecule has 0 bridgehead atoms. The van der Waals surface area contributed by atoms with Crippen LogP contribution in [0.15, 0.2) is 4.99 Å². The van der Waals surface area contributed by atoms with Crippen LogP contribution < -0.4 is 10.6 Å². The maximum Gasteiger partial charge on any atom is 0.401 e. The SMILES string of the molecule is CCN(CC)S(=O)(=O)CCNC(=NC)NC1CCN(CC(F)(F)F)C1.I. The minimum atomic E-state index is -4.20. The average Bonchev–Trinajstić information content (AvgIpc) is 2.91. The molecule has 0 aliphatic carbocycles. The van der Waals surface area contributed by atoms with Gasteiger partial charge in [0.15, 0.2) is 5.96 Å². The van der Waals surface area contributed by atoms with Crippen molar-refractivity contribution in [3.63, 3.8) is 0 Å². The predicted molar refractivity (Wildman–Crippen MR) is 108 cm³/mol. The summed E-state index contributed by atoms with van der Waals surface area (Å²) in [6.07, 6.45) is -3.62. The first-order valence-corrected chi connectivity index (χ1v) is 9.96. The number of likely N-dealkylation sites (tertiary alicyclic amines) is 1. The van der Waals surface area contributed by atoms with E-state index in [4.69, 9.17) is 0 Å². The molecule has 1 rings (SSSR count). The lowest BCUT2D eigenvalue weighted by Gasteiger charge is -2.21. The van der Waals surface area contributed by atoms with Crippen LogP contribution in [-0.4, -0.2) is 87.9 Å². The molecule has 1 atom stereocenters. The number of guanidine groups is 1. The second-order valence-corrected chi connectivity index (χ2v) is 7.97. The van der Waals surface area contributed by atoms with Crippen molar-refractivity contribution in [3.05, 3.63) is 0 Å². The fourth-order valence-corrected chi connectivity index (χ4v) is 4.19. The highest BCUT2D eigenvalue weighted by molar-refractivity contribution is 14.0. The van der Waals surface area contributed by atoms with Crippen molar-refractivity contribution < 1.29 is 21.6 Å². The van der Waals surface area contributed by atoms with Crippen LogP contribution in [0.1, 0.15) is 20.3 Å². The summed E-state index contributed by atoms with van der Waals surface area (Å²) in [4.78, 5) is 5.34. The molecule has 0 aromatic carbocycles. The number of hydrogen-bond donors (Lipinski definition) is 2. The molecule has 7 nitrogen and oxygen atoms in total. The number of hydrogen-bond acceptors (Lipinski definition) is 4. The monoisotopic (exact) mass is 515 g/mol. The third-order valence-corrected chi connectivity index (χ3v) is 6.01. The maximum atomic E-state index is 12.4. The minimum Gasteiger partial charge on any atom is -0.355 e. The molecule has 2 N–H and O–H groups in total. The zero-order valence-corrected chi connectivity index (χ0v) is 18.5. The molecule has 1 saturated heterocycles. The van der Waals surface area contributed by atoms with Crippen molar-refractivity contribution in [2.75, 3.05) is 52.1 Å². The molecule has 0 radical (unpaired) electrons. The number of halogens is 4. The van der Waals surface area contributed by atoms with Gasteiger partial charge in [-0.25, -0.2) is 12.7 Å². The Morgan fingerprint density at radius 2 is 1.92 bits per heavy atom. The Morgan fingerprint density at radius 1 is 1.31 bits per heavy atom. The lowest BCUT2D eigenvalue weighted by Crippen LogP contribution is -2.47. The van der Waals surface area contributed by atoms with Crippen LogP contribution in [0.2, 0.25) is 0 Å². The fourth-order valence-electron chi connectivity index (χ4n) is 2.78. The number of rotatable bonds is 8. The summed E-state index contributed by atoms with van der Waals surface area (Å²) in [6, 6.07) is -0.145. The van der Waals surface area contributed by atoms with Crippen LogP contribution in [0.5, 0.6) is 0 Å². The zero-order chi connectivity index (χ0) is 19.1. The van der Waals surface area contributed by atoms with E-state index in [9.17, 15) is 21.6 Å². The fraction of sp³-hybridized carbons (Fsp3) is 0.929. The summed E-state index contributed by atoms with van der Waals surface area (Å²) in [6.45, 7) is 4.30. The van der Waals surface area contributed by atoms with Crippen LogP contribution in [-0.2, 0) is 10.0 Å². The summed E-state index contributed by atoms with van der Waals surface area (Å²) in [5.74, 6) is 0.328. The second-order valence-electron chi connectivity index (χ2n) is 5.88. The predicted octanol–water partition coefficient (Wildman–Crippen LogP) is 1.08. The molecular weight excluding hydrogens is 486 g/mol. The smallest absolute Gasteiger partial charge is 0.355 e. The molecule has 156 valence electrons. The molecule has 1 fully saturated rings. The Hall–Kier alpha value is -0.340. The van der Waals surface area contributed by atoms with Crippen LogP contribution >= 0.6 is 24.0 Å². The van der Waals surface area contributed by atoms with Gasteiger partial charge < -0.3 is 10.6 Å². The quantitative estimate of drug-likeness (QED) is 0.288. The summed E-state index contributed by atoms with van der Waals surface area (Å²) in [5, 5.41) is 5.96. The van der Waals surface area contributed by atoms with Gasteiger partial charge in [0.2, 0.25) is 10.0 Å². The lowest BCUT2D eigenvalue weighted by atomic mass is 10.3. The second kappa shape index (κ2) is 11.5. The molecular formula is C14H29F3IN5O2S. The van der Waals surface area contributed by atoms with Crippen LogP contribution in [0, 0.1) is 0 Å². The van der Waals surface area contributed by atoms with Gasteiger partial charge in [0.05, 0.1) is 12.3 Å². The molecule has 0 amide bonds. The van der Waals surface area contributed by atoms with Crippen molar-refractivity contribution in [3.8, 4) is 0 Å². The molecule has 0 spiro atoms. The Kier molecular flexibility index (Phi) is 11.3. The van der Waals surface area contributed by atoms with E-state index in [1.165, 1.54) is 16.3 Å². The van der Waals surface area contributed by atoms with Gasteiger partial charge in [-0.3, -0.25) is 9.89 Å². The van der Waals surface area contributed by atoms with E-state index in [1.54, 1.807) is 13.8 Å². The Bertz CT molecular complexity index is 541. The van der Waals surface area contributed by atoms with Gasteiger partial charge in [-0.15, -0.1) is 24.0 Å². The normalized spacial score (nSPS) is 19.5. The summed E-state index contributed by atoms with van der Waals surface area (Å²) >= 11 is 0. The average molecular weight is 515 g/mol. The minimum absolute atomic E-state index is 0. The number of aliphatic imine (C=N–C) groups is 1. The topological polar surface area (TPSA) is 77.0 Å². The van der Waals surface area contributed by atoms with Crippen LogP contribution in [0.4, 0.5) is 13.2 Å². The van der Waals surface area contributed by atoms with Gasteiger partial charge >= 0.3 is 6.18 Å². The number of alkyl halides is 3. The first-order chi connectivity index (χ1) is 11.6. The molecule has 0 aromatic heterocycles. The largest absolute Gasteiger partial charge is 0.401 e. The maximum absolute atomic E-state index is 12.4. The van der Waals surface area contributed by atoms with Crippen molar-refractivity contribution >= 4 is 40.0 Å². The van der Waals surface area contributed by atoms with E-state index in [0.29, 0.717) is 32.0 Å². The van der Waals surface area contributed by atoms with Crippen molar-refractivity contribution in [1.82, 2.24) is 19.8 Å². The molecule has 1 aliphatic rings. The van der Waals surface area contributed by atoms with Gasteiger partial charge in [0, 0.05) is 45.8 Å². The standard InChI is InChI=1S/C14H28F3N5O2S.HI/c1-4-22(5-2)25(23,24)9-7-19-13(18-3)20-12-6-8-21(10-12)11-14(15,16)17;/h12H,4-11H2,1-3H3,(H2,18,19,20);1H. The Labute approximate surface area is 170 Å². The lowest BCUT2D eigenvalue weighted by molar-refractivity contribution is -0.143. The molecule has 1 heterocycles. The first-order valence-electron chi connectivity index (χ1n) is 8.35. The van der Waals surface area contributed by atoms with Gasteiger partial charge in [0.1, 0.15) is 0 Å². The highest BCUT2D eigenvalue weighted by atomic mass is 127. The van der Waals surface area contributed by atoms with Crippen molar-refractivity contribution in [1.29, 1.82) is 0 Å². The molecule has 1 aliphatic heterocycles. The molecule has 1 unspecified atom stereocenters. The Morgan fingerprint density at radius 3 is 2.42 bits per heavy atom. The first kappa shape index (κ1) is 25.7. The highest BCUT2D eigenvalue weighted by Crippen LogP contribution is 2.19.